The summed E-state index contributed by atoms with van der Waals surface area (Å²) in [5.74, 6) is 0.730. The van der Waals surface area contributed by atoms with Crippen molar-refractivity contribution >= 4 is 27.4 Å². The molecule has 2 atom stereocenters. The highest BCUT2D eigenvalue weighted by Crippen LogP contribution is 2.29. The molecule has 1 aliphatic rings. The molecule has 0 spiro atoms. The Balaban J connectivity index is 1.59. The van der Waals surface area contributed by atoms with Gasteiger partial charge in [0.25, 0.3) is 0 Å². The fourth-order valence-corrected chi connectivity index (χ4v) is 3.83. The molecular weight excluding hydrogens is 322 g/mol. The van der Waals surface area contributed by atoms with Gasteiger partial charge in [0.1, 0.15) is 6.10 Å². The zero-order valence-electron chi connectivity index (χ0n) is 14.0. The second-order valence-electron chi connectivity index (χ2n) is 5.94. The third kappa shape index (κ3) is 4.47. The highest BCUT2D eigenvalue weighted by Gasteiger charge is 2.16. The number of fused-ring (bicyclic) bond motifs is 1. The zero-order valence-corrected chi connectivity index (χ0v) is 14.8. The molecule has 0 aliphatic carbocycles. The minimum Gasteiger partial charge on any atom is -0.386 e. The van der Waals surface area contributed by atoms with E-state index < -0.39 is 6.10 Å². The summed E-state index contributed by atoms with van der Waals surface area (Å²) in [7, 11) is 0. The number of benzene rings is 1. The van der Waals surface area contributed by atoms with Crippen LogP contribution in [-0.4, -0.2) is 43.4 Å². The summed E-state index contributed by atoms with van der Waals surface area (Å²) < 4.78 is 6.81. The van der Waals surface area contributed by atoms with E-state index in [4.69, 9.17) is 4.74 Å². The molecule has 0 saturated carbocycles. The molecule has 0 radical (unpaired) electrons. The Bertz CT molecular complexity index is 647. The first-order valence-electron chi connectivity index (χ1n) is 8.56. The van der Waals surface area contributed by atoms with Crippen LogP contribution in [0.25, 0.3) is 10.1 Å². The molecule has 130 valence electrons. The fraction of sp³-hybridized carbons (Fsp3) is 0.500. The highest BCUT2D eigenvalue weighted by molar-refractivity contribution is 7.19. The van der Waals surface area contributed by atoms with Gasteiger partial charge in [0, 0.05) is 29.3 Å². The standard InChI is InChI=1S/C18H25N3O2S/c1-2-19-18(20-11-14-7-5-9-23-14)21-12-15(22)17-10-13-6-3-4-8-16(13)24-17/h3-4,6,8,10,14-15,22H,2,5,7,9,11-12H2,1H3,(H2,19,20,21). The van der Waals surface area contributed by atoms with Crippen LogP contribution < -0.4 is 10.6 Å². The first kappa shape index (κ1) is 17.2. The summed E-state index contributed by atoms with van der Waals surface area (Å²) in [6, 6.07) is 10.2. The van der Waals surface area contributed by atoms with E-state index in [2.05, 4.69) is 27.8 Å². The van der Waals surface area contributed by atoms with Crippen LogP contribution in [0.1, 0.15) is 30.7 Å². The van der Waals surface area contributed by atoms with Gasteiger partial charge in [0.15, 0.2) is 5.96 Å². The molecule has 0 amide bonds. The van der Waals surface area contributed by atoms with Gasteiger partial charge in [-0.3, -0.25) is 4.99 Å². The lowest BCUT2D eigenvalue weighted by Gasteiger charge is -2.15. The van der Waals surface area contributed by atoms with Crippen LogP contribution in [0.15, 0.2) is 35.3 Å². The lowest BCUT2D eigenvalue weighted by atomic mass is 10.2. The van der Waals surface area contributed by atoms with Crippen molar-refractivity contribution in [1.29, 1.82) is 0 Å². The summed E-state index contributed by atoms with van der Waals surface area (Å²) in [5, 5.41) is 18.1. The van der Waals surface area contributed by atoms with Crippen LogP contribution in [0, 0.1) is 0 Å². The second-order valence-corrected chi connectivity index (χ2v) is 7.05. The molecule has 5 nitrogen and oxygen atoms in total. The number of guanidine groups is 1. The zero-order chi connectivity index (χ0) is 16.8. The summed E-state index contributed by atoms with van der Waals surface area (Å²) in [4.78, 5) is 5.47. The molecular formula is C18H25N3O2S. The van der Waals surface area contributed by atoms with E-state index in [-0.39, 0.29) is 6.10 Å². The molecule has 0 bridgehead atoms. The summed E-state index contributed by atoms with van der Waals surface area (Å²) in [5.41, 5.74) is 0. The Kier molecular flexibility index (Phi) is 6.07. The molecule has 1 aliphatic heterocycles. The van der Waals surface area contributed by atoms with E-state index in [0.717, 1.165) is 43.4 Å². The van der Waals surface area contributed by atoms with Crippen LogP contribution >= 0.6 is 11.3 Å². The third-order valence-corrected chi connectivity index (χ3v) is 5.28. The fourth-order valence-electron chi connectivity index (χ4n) is 2.79. The van der Waals surface area contributed by atoms with Gasteiger partial charge in [-0.15, -0.1) is 11.3 Å². The van der Waals surface area contributed by atoms with Crippen molar-refractivity contribution in [1.82, 2.24) is 10.6 Å². The summed E-state index contributed by atoms with van der Waals surface area (Å²) >= 11 is 1.62. The smallest absolute Gasteiger partial charge is 0.191 e. The minimum absolute atomic E-state index is 0.265. The number of thiophene rings is 1. The number of ether oxygens (including phenoxy) is 1. The van der Waals surface area contributed by atoms with Gasteiger partial charge in [0.05, 0.1) is 12.6 Å². The van der Waals surface area contributed by atoms with Gasteiger partial charge in [0.2, 0.25) is 0 Å². The normalized spacial score (nSPS) is 19.6. The van der Waals surface area contributed by atoms with Gasteiger partial charge < -0.3 is 20.5 Å². The van der Waals surface area contributed by atoms with Crippen molar-refractivity contribution in [3.05, 3.63) is 35.2 Å². The Morgan fingerprint density at radius 2 is 2.29 bits per heavy atom. The number of aliphatic imine (C=N–C) groups is 1. The Labute approximate surface area is 146 Å². The summed E-state index contributed by atoms with van der Waals surface area (Å²) in [6.07, 6.45) is 1.91. The van der Waals surface area contributed by atoms with Crippen LogP contribution in [0.5, 0.6) is 0 Å². The van der Waals surface area contributed by atoms with E-state index in [1.54, 1.807) is 11.3 Å². The van der Waals surface area contributed by atoms with Crippen molar-refractivity contribution in [3.63, 3.8) is 0 Å². The van der Waals surface area contributed by atoms with Crippen LogP contribution in [0.3, 0.4) is 0 Å². The first-order chi connectivity index (χ1) is 11.8. The first-order valence-corrected chi connectivity index (χ1v) is 9.38. The van der Waals surface area contributed by atoms with Crippen molar-refractivity contribution in [2.24, 2.45) is 4.99 Å². The molecule has 2 heterocycles. The van der Waals surface area contributed by atoms with Gasteiger partial charge in [-0.1, -0.05) is 18.2 Å². The molecule has 6 heteroatoms. The Hall–Kier alpha value is -1.63. The number of aliphatic hydroxyl groups excluding tert-OH is 1. The lowest BCUT2D eigenvalue weighted by molar-refractivity contribution is 0.113. The van der Waals surface area contributed by atoms with Crippen molar-refractivity contribution in [3.8, 4) is 0 Å². The maximum absolute atomic E-state index is 10.4. The quantitative estimate of drug-likeness (QED) is 0.555. The number of hydrogen-bond acceptors (Lipinski definition) is 4. The molecule has 2 unspecified atom stereocenters. The number of nitrogens with one attached hydrogen (secondary N) is 2. The predicted molar refractivity (Wildman–Crippen MR) is 99.7 cm³/mol. The number of aliphatic hydroxyl groups is 1. The molecule has 1 saturated heterocycles. The van der Waals surface area contributed by atoms with Gasteiger partial charge in [-0.2, -0.15) is 0 Å². The monoisotopic (exact) mass is 347 g/mol. The molecule has 1 aromatic heterocycles. The van der Waals surface area contributed by atoms with E-state index in [1.165, 1.54) is 10.1 Å². The van der Waals surface area contributed by atoms with Crippen LogP contribution in [0.4, 0.5) is 0 Å². The molecule has 2 aromatic rings. The largest absolute Gasteiger partial charge is 0.386 e. The molecule has 3 rings (SSSR count). The molecule has 24 heavy (non-hydrogen) atoms. The molecule has 1 fully saturated rings. The van der Waals surface area contributed by atoms with Crippen molar-refractivity contribution in [2.75, 3.05) is 26.2 Å². The topological polar surface area (TPSA) is 65.9 Å². The van der Waals surface area contributed by atoms with Crippen molar-refractivity contribution < 1.29 is 9.84 Å². The maximum atomic E-state index is 10.4. The average molecular weight is 347 g/mol. The van der Waals surface area contributed by atoms with Crippen LogP contribution in [0.2, 0.25) is 0 Å². The molecule has 1 aromatic carbocycles. The van der Waals surface area contributed by atoms with Gasteiger partial charge >= 0.3 is 0 Å². The lowest BCUT2D eigenvalue weighted by Crippen LogP contribution is -2.41. The predicted octanol–water partition coefficient (Wildman–Crippen LogP) is 2.67. The second kappa shape index (κ2) is 8.46. The van der Waals surface area contributed by atoms with E-state index >= 15 is 0 Å². The van der Waals surface area contributed by atoms with E-state index in [9.17, 15) is 5.11 Å². The van der Waals surface area contributed by atoms with E-state index in [0.29, 0.717) is 6.54 Å². The maximum Gasteiger partial charge on any atom is 0.191 e. The van der Waals surface area contributed by atoms with Gasteiger partial charge in [-0.25, -0.2) is 0 Å². The Morgan fingerprint density at radius 3 is 3.04 bits per heavy atom. The SMILES string of the molecule is CCNC(=NCC(O)c1cc2ccccc2s1)NCC1CCCO1. The number of nitrogens with zero attached hydrogens (tertiary/aromatic N) is 1. The van der Waals surface area contributed by atoms with Crippen molar-refractivity contribution in [2.45, 2.75) is 32.0 Å². The minimum atomic E-state index is -0.583. The third-order valence-electron chi connectivity index (χ3n) is 4.06. The molecule has 3 N–H and O–H groups in total. The number of hydrogen-bond donors (Lipinski definition) is 3. The van der Waals surface area contributed by atoms with Gasteiger partial charge in [-0.05, 0) is 37.3 Å². The summed E-state index contributed by atoms with van der Waals surface area (Å²) in [6.45, 7) is 4.77. The van der Waals surface area contributed by atoms with E-state index in [1.807, 2.05) is 25.1 Å². The number of rotatable bonds is 6. The highest BCUT2D eigenvalue weighted by atomic mass is 32.1. The average Bonchev–Trinajstić information content (AvgIpc) is 3.26. The van der Waals surface area contributed by atoms with Crippen LogP contribution in [-0.2, 0) is 4.74 Å². The Morgan fingerprint density at radius 1 is 1.42 bits per heavy atom.